The summed E-state index contributed by atoms with van der Waals surface area (Å²) in [6.45, 7) is 2.09. The van der Waals surface area contributed by atoms with Crippen molar-refractivity contribution in [2.45, 2.75) is 18.5 Å². The molecular weight excluding hydrogens is 178 g/mol. The molecule has 0 spiro atoms. The van der Waals surface area contributed by atoms with Crippen molar-refractivity contribution in [3.05, 3.63) is 18.5 Å². The molecule has 4 nitrogen and oxygen atoms in total. The molecule has 0 aliphatic carbocycles. The van der Waals surface area contributed by atoms with Crippen LogP contribution in [0.2, 0.25) is 0 Å². The SMILES string of the molecule is Oc1cncc(N2C[C@H]3C[C@@H]2CN3)c1. The van der Waals surface area contributed by atoms with Crippen LogP contribution in [0.1, 0.15) is 6.42 Å². The first-order chi connectivity index (χ1) is 6.83. The summed E-state index contributed by atoms with van der Waals surface area (Å²) < 4.78 is 0. The maximum atomic E-state index is 9.34. The number of pyridine rings is 1. The third-order valence-electron chi connectivity index (χ3n) is 3.10. The molecule has 74 valence electrons. The number of anilines is 1. The van der Waals surface area contributed by atoms with Crippen molar-refractivity contribution in [2.75, 3.05) is 18.0 Å². The van der Waals surface area contributed by atoms with Gasteiger partial charge >= 0.3 is 0 Å². The van der Waals surface area contributed by atoms with Crippen LogP contribution in [0.15, 0.2) is 18.5 Å². The van der Waals surface area contributed by atoms with E-state index >= 15 is 0 Å². The van der Waals surface area contributed by atoms with Crippen LogP contribution in [0.3, 0.4) is 0 Å². The molecule has 0 radical (unpaired) electrons. The van der Waals surface area contributed by atoms with Crippen LogP contribution in [0.4, 0.5) is 5.69 Å². The summed E-state index contributed by atoms with van der Waals surface area (Å²) in [7, 11) is 0. The molecule has 1 aromatic rings. The van der Waals surface area contributed by atoms with Crippen LogP contribution in [0.5, 0.6) is 5.75 Å². The Morgan fingerprint density at radius 2 is 2.43 bits per heavy atom. The summed E-state index contributed by atoms with van der Waals surface area (Å²) in [6.07, 6.45) is 4.51. The zero-order valence-corrected chi connectivity index (χ0v) is 7.85. The molecule has 2 N–H and O–H groups in total. The van der Waals surface area contributed by atoms with Crippen molar-refractivity contribution in [1.29, 1.82) is 0 Å². The van der Waals surface area contributed by atoms with Gasteiger partial charge in [0.15, 0.2) is 0 Å². The van der Waals surface area contributed by atoms with Crippen LogP contribution in [-0.4, -0.2) is 35.3 Å². The first kappa shape index (κ1) is 8.05. The molecule has 0 saturated carbocycles. The van der Waals surface area contributed by atoms with Gasteiger partial charge in [-0.25, -0.2) is 0 Å². The van der Waals surface area contributed by atoms with Gasteiger partial charge in [-0.1, -0.05) is 0 Å². The molecule has 0 unspecified atom stereocenters. The number of piperazine rings is 1. The molecule has 14 heavy (non-hydrogen) atoms. The summed E-state index contributed by atoms with van der Waals surface area (Å²) in [6, 6.07) is 3.00. The minimum Gasteiger partial charge on any atom is -0.506 e. The summed E-state index contributed by atoms with van der Waals surface area (Å²) in [4.78, 5) is 6.33. The fraction of sp³-hybridized carbons (Fsp3) is 0.500. The average molecular weight is 191 g/mol. The quantitative estimate of drug-likeness (QED) is 0.672. The predicted octanol–water partition coefficient (Wildman–Crippen LogP) is 0.338. The topological polar surface area (TPSA) is 48.4 Å². The standard InChI is InChI=1S/C10H13N3O/c14-10-2-9(3-11-5-10)13-6-7-1-8(13)4-12-7/h2-3,5,7-8,12,14H,1,4,6H2/t7-,8-/m1/s1. The molecule has 0 aromatic carbocycles. The monoisotopic (exact) mass is 191 g/mol. The lowest BCUT2D eigenvalue weighted by Crippen LogP contribution is -2.43. The van der Waals surface area contributed by atoms with E-state index in [4.69, 9.17) is 0 Å². The Labute approximate surface area is 82.6 Å². The highest BCUT2D eigenvalue weighted by molar-refractivity contribution is 5.51. The summed E-state index contributed by atoms with van der Waals surface area (Å²) in [5, 5.41) is 12.8. The Hall–Kier alpha value is -1.29. The van der Waals surface area contributed by atoms with Crippen molar-refractivity contribution >= 4 is 5.69 Å². The number of nitrogens with zero attached hydrogens (tertiary/aromatic N) is 2. The number of rotatable bonds is 1. The van der Waals surface area contributed by atoms with Gasteiger partial charge in [-0.3, -0.25) is 4.98 Å². The third kappa shape index (κ3) is 1.14. The van der Waals surface area contributed by atoms with Crippen LogP contribution in [0, 0.1) is 0 Å². The first-order valence-electron chi connectivity index (χ1n) is 4.97. The molecule has 2 bridgehead atoms. The van der Waals surface area contributed by atoms with Gasteiger partial charge < -0.3 is 15.3 Å². The zero-order valence-electron chi connectivity index (χ0n) is 7.85. The van der Waals surface area contributed by atoms with E-state index in [1.54, 1.807) is 6.07 Å². The Balaban J connectivity index is 1.89. The minimum absolute atomic E-state index is 0.248. The normalized spacial score (nSPS) is 29.9. The maximum Gasteiger partial charge on any atom is 0.135 e. The lowest BCUT2D eigenvalue weighted by atomic mass is 10.2. The van der Waals surface area contributed by atoms with Crippen molar-refractivity contribution in [2.24, 2.45) is 0 Å². The Morgan fingerprint density at radius 3 is 3.07 bits per heavy atom. The van der Waals surface area contributed by atoms with Gasteiger partial charge in [-0.05, 0) is 6.42 Å². The highest BCUT2D eigenvalue weighted by Crippen LogP contribution is 2.30. The second kappa shape index (κ2) is 2.85. The number of hydrogen-bond acceptors (Lipinski definition) is 4. The fourth-order valence-electron chi connectivity index (χ4n) is 2.45. The molecule has 3 heterocycles. The van der Waals surface area contributed by atoms with E-state index in [1.807, 2.05) is 6.20 Å². The van der Waals surface area contributed by atoms with E-state index in [-0.39, 0.29) is 5.75 Å². The lowest BCUT2D eigenvalue weighted by molar-refractivity contribution is 0.472. The van der Waals surface area contributed by atoms with Gasteiger partial charge in [0.25, 0.3) is 0 Å². The van der Waals surface area contributed by atoms with Gasteiger partial charge in [-0.15, -0.1) is 0 Å². The zero-order chi connectivity index (χ0) is 9.54. The molecular formula is C10H13N3O. The fourth-order valence-corrected chi connectivity index (χ4v) is 2.45. The molecule has 4 heteroatoms. The summed E-state index contributed by atoms with van der Waals surface area (Å²) >= 11 is 0. The van der Waals surface area contributed by atoms with Gasteiger partial charge in [0.2, 0.25) is 0 Å². The Kier molecular flexibility index (Phi) is 1.64. The molecule has 3 rings (SSSR count). The maximum absolute atomic E-state index is 9.34. The Morgan fingerprint density at radius 1 is 1.50 bits per heavy atom. The van der Waals surface area contributed by atoms with Crippen LogP contribution >= 0.6 is 0 Å². The van der Waals surface area contributed by atoms with Crippen molar-refractivity contribution in [1.82, 2.24) is 10.3 Å². The number of hydrogen-bond donors (Lipinski definition) is 2. The van der Waals surface area contributed by atoms with E-state index in [0.29, 0.717) is 12.1 Å². The highest BCUT2D eigenvalue weighted by atomic mass is 16.3. The van der Waals surface area contributed by atoms with E-state index in [1.165, 1.54) is 12.6 Å². The third-order valence-corrected chi connectivity index (χ3v) is 3.10. The minimum atomic E-state index is 0.248. The summed E-state index contributed by atoms with van der Waals surface area (Å²) in [5.41, 5.74) is 1.04. The number of nitrogens with one attached hydrogen (secondary N) is 1. The number of aromatic hydroxyl groups is 1. The van der Waals surface area contributed by atoms with Crippen molar-refractivity contribution in [3.8, 4) is 5.75 Å². The molecule has 2 fully saturated rings. The van der Waals surface area contributed by atoms with Gasteiger partial charge in [-0.2, -0.15) is 0 Å². The van der Waals surface area contributed by atoms with Gasteiger partial charge in [0, 0.05) is 31.2 Å². The van der Waals surface area contributed by atoms with Crippen molar-refractivity contribution < 1.29 is 5.11 Å². The summed E-state index contributed by atoms with van der Waals surface area (Å²) in [5.74, 6) is 0.248. The first-order valence-corrected chi connectivity index (χ1v) is 4.97. The molecule has 1 aromatic heterocycles. The van der Waals surface area contributed by atoms with Crippen molar-refractivity contribution in [3.63, 3.8) is 0 Å². The van der Waals surface area contributed by atoms with Gasteiger partial charge in [0.05, 0.1) is 18.1 Å². The predicted molar refractivity (Wildman–Crippen MR) is 53.4 cm³/mol. The van der Waals surface area contributed by atoms with E-state index < -0.39 is 0 Å². The second-order valence-corrected chi connectivity index (χ2v) is 4.05. The molecule has 2 atom stereocenters. The molecule has 2 aliphatic heterocycles. The smallest absolute Gasteiger partial charge is 0.135 e. The second-order valence-electron chi connectivity index (χ2n) is 4.05. The molecule has 2 aliphatic rings. The molecule has 2 saturated heterocycles. The highest BCUT2D eigenvalue weighted by Gasteiger charge is 2.37. The number of fused-ring (bicyclic) bond motifs is 2. The van der Waals surface area contributed by atoms with Crippen LogP contribution in [0.25, 0.3) is 0 Å². The van der Waals surface area contributed by atoms with E-state index in [2.05, 4.69) is 15.2 Å². The molecule has 0 amide bonds. The largest absolute Gasteiger partial charge is 0.506 e. The van der Waals surface area contributed by atoms with Crippen LogP contribution < -0.4 is 10.2 Å². The van der Waals surface area contributed by atoms with E-state index in [0.717, 1.165) is 18.8 Å². The average Bonchev–Trinajstić information content (AvgIpc) is 2.78. The Bertz CT molecular complexity index is 355. The van der Waals surface area contributed by atoms with Crippen LogP contribution in [-0.2, 0) is 0 Å². The lowest BCUT2D eigenvalue weighted by Gasteiger charge is -2.29. The number of aromatic nitrogens is 1. The van der Waals surface area contributed by atoms with Gasteiger partial charge in [0.1, 0.15) is 5.75 Å². The van der Waals surface area contributed by atoms with E-state index in [9.17, 15) is 5.11 Å².